The summed E-state index contributed by atoms with van der Waals surface area (Å²) in [7, 11) is 0. The van der Waals surface area contributed by atoms with Crippen LogP contribution in [0, 0.1) is 16.0 Å². The van der Waals surface area contributed by atoms with Gasteiger partial charge in [-0.05, 0) is 18.4 Å². The van der Waals surface area contributed by atoms with Crippen LogP contribution in [0.15, 0.2) is 18.3 Å². The molecule has 1 aromatic rings. The lowest BCUT2D eigenvalue weighted by molar-refractivity contribution is -0.385. The van der Waals surface area contributed by atoms with E-state index in [0.717, 1.165) is 6.42 Å². The molecule has 0 radical (unpaired) electrons. The zero-order valence-electron chi connectivity index (χ0n) is 9.80. The Bertz CT molecular complexity index is 349. The molecule has 5 nitrogen and oxygen atoms in total. The molecule has 0 aliphatic carbocycles. The first kappa shape index (κ1) is 12.4. The van der Waals surface area contributed by atoms with Crippen LogP contribution in [0.1, 0.15) is 27.2 Å². The molecule has 1 atom stereocenters. The molecule has 0 aromatic carbocycles. The molecule has 1 aromatic heterocycles. The number of nitrogens with one attached hydrogen (secondary N) is 1. The number of rotatable bonds is 5. The smallest absolute Gasteiger partial charge is 0.287 e. The number of aromatic nitrogens is 1. The van der Waals surface area contributed by atoms with Crippen molar-refractivity contribution in [2.75, 3.05) is 5.32 Å². The van der Waals surface area contributed by atoms with E-state index in [9.17, 15) is 10.1 Å². The van der Waals surface area contributed by atoms with Crippen molar-refractivity contribution in [2.24, 2.45) is 5.92 Å². The fourth-order valence-corrected chi connectivity index (χ4v) is 1.51. The molecule has 0 aliphatic rings. The Morgan fingerprint density at radius 1 is 1.50 bits per heavy atom. The number of pyridine rings is 1. The van der Waals surface area contributed by atoms with Gasteiger partial charge in [-0.15, -0.1) is 0 Å². The summed E-state index contributed by atoms with van der Waals surface area (Å²) in [6.45, 7) is 6.36. The molecule has 1 heterocycles. The summed E-state index contributed by atoms with van der Waals surface area (Å²) in [5.41, 5.74) is 0.0168. The SMILES string of the molecule is CCC(Nc1ccc([N+](=O)[O-])cn1)C(C)C. The van der Waals surface area contributed by atoms with Crippen LogP contribution in [0.3, 0.4) is 0 Å². The van der Waals surface area contributed by atoms with Crippen molar-refractivity contribution in [3.63, 3.8) is 0 Å². The van der Waals surface area contributed by atoms with Crippen molar-refractivity contribution in [1.29, 1.82) is 0 Å². The van der Waals surface area contributed by atoms with Gasteiger partial charge in [-0.1, -0.05) is 20.8 Å². The highest BCUT2D eigenvalue weighted by Crippen LogP contribution is 2.15. The predicted molar refractivity (Wildman–Crippen MR) is 63.4 cm³/mol. The van der Waals surface area contributed by atoms with E-state index in [0.29, 0.717) is 17.8 Å². The van der Waals surface area contributed by atoms with Crippen LogP contribution in [0.2, 0.25) is 0 Å². The number of hydrogen-bond donors (Lipinski definition) is 1. The lowest BCUT2D eigenvalue weighted by Crippen LogP contribution is -2.25. The van der Waals surface area contributed by atoms with E-state index in [1.54, 1.807) is 6.07 Å². The zero-order chi connectivity index (χ0) is 12.1. The average molecular weight is 223 g/mol. The molecule has 0 saturated carbocycles. The van der Waals surface area contributed by atoms with Gasteiger partial charge in [0.2, 0.25) is 0 Å². The van der Waals surface area contributed by atoms with Gasteiger partial charge in [-0.3, -0.25) is 10.1 Å². The Kier molecular flexibility index (Phi) is 4.22. The second-order valence-electron chi connectivity index (χ2n) is 4.06. The maximum atomic E-state index is 10.4. The lowest BCUT2D eigenvalue weighted by atomic mass is 10.0. The van der Waals surface area contributed by atoms with Gasteiger partial charge in [0.25, 0.3) is 5.69 Å². The highest BCUT2D eigenvalue weighted by molar-refractivity contribution is 5.40. The monoisotopic (exact) mass is 223 g/mol. The second-order valence-corrected chi connectivity index (χ2v) is 4.06. The normalized spacial score (nSPS) is 12.5. The minimum Gasteiger partial charge on any atom is -0.367 e. The predicted octanol–water partition coefficient (Wildman–Crippen LogP) is 2.84. The lowest BCUT2D eigenvalue weighted by Gasteiger charge is -2.20. The summed E-state index contributed by atoms with van der Waals surface area (Å²) in [4.78, 5) is 14.0. The first-order valence-electron chi connectivity index (χ1n) is 5.41. The molecule has 0 fully saturated rings. The highest BCUT2D eigenvalue weighted by atomic mass is 16.6. The number of nitrogens with zero attached hydrogens (tertiary/aromatic N) is 2. The van der Waals surface area contributed by atoms with Crippen molar-refractivity contribution >= 4 is 11.5 Å². The summed E-state index contributed by atoms with van der Waals surface area (Å²) >= 11 is 0. The standard InChI is InChI=1S/C11H17N3O2/c1-4-10(8(2)3)13-11-6-5-9(7-12-11)14(15)16/h5-8,10H,4H2,1-3H3,(H,12,13). The molecule has 0 bridgehead atoms. The first-order chi connectivity index (χ1) is 7.54. The van der Waals surface area contributed by atoms with E-state index in [4.69, 9.17) is 0 Å². The van der Waals surface area contributed by atoms with Gasteiger partial charge in [0, 0.05) is 12.1 Å². The van der Waals surface area contributed by atoms with Crippen LogP contribution in [0.5, 0.6) is 0 Å². The Labute approximate surface area is 95.0 Å². The van der Waals surface area contributed by atoms with E-state index in [2.05, 4.69) is 31.1 Å². The van der Waals surface area contributed by atoms with Crippen LogP contribution < -0.4 is 5.32 Å². The zero-order valence-corrected chi connectivity index (χ0v) is 9.80. The molecule has 5 heteroatoms. The third-order valence-electron chi connectivity index (χ3n) is 2.54. The third kappa shape index (κ3) is 3.18. The molecule has 1 rings (SSSR count). The van der Waals surface area contributed by atoms with Gasteiger partial charge in [0.05, 0.1) is 4.92 Å². The van der Waals surface area contributed by atoms with E-state index in [1.165, 1.54) is 12.3 Å². The molecule has 0 aliphatic heterocycles. The summed E-state index contributed by atoms with van der Waals surface area (Å²) in [5.74, 6) is 1.19. The van der Waals surface area contributed by atoms with Crippen molar-refractivity contribution in [1.82, 2.24) is 4.98 Å². The van der Waals surface area contributed by atoms with Crippen LogP contribution in [-0.2, 0) is 0 Å². The fraction of sp³-hybridized carbons (Fsp3) is 0.545. The molecule has 0 spiro atoms. The molecule has 0 amide bonds. The summed E-state index contributed by atoms with van der Waals surface area (Å²) in [6, 6.07) is 3.44. The summed E-state index contributed by atoms with van der Waals surface area (Å²) in [5, 5.41) is 13.7. The van der Waals surface area contributed by atoms with E-state index in [-0.39, 0.29) is 5.69 Å². The Morgan fingerprint density at radius 3 is 2.56 bits per heavy atom. The third-order valence-corrected chi connectivity index (χ3v) is 2.54. The van der Waals surface area contributed by atoms with E-state index < -0.39 is 4.92 Å². The Hall–Kier alpha value is -1.65. The van der Waals surface area contributed by atoms with Gasteiger partial charge in [0.15, 0.2) is 0 Å². The summed E-state index contributed by atoms with van der Waals surface area (Å²) in [6.07, 6.45) is 2.27. The molecular formula is C11H17N3O2. The van der Waals surface area contributed by atoms with Crippen LogP contribution >= 0.6 is 0 Å². The fourth-order valence-electron chi connectivity index (χ4n) is 1.51. The van der Waals surface area contributed by atoms with Crippen LogP contribution in [-0.4, -0.2) is 15.9 Å². The maximum Gasteiger partial charge on any atom is 0.287 e. The number of anilines is 1. The van der Waals surface area contributed by atoms with Gasteiger partial charge in [-0.25, -0.2) is 4.98 Å². The van der Waals surface area contributed by atoms with Crippen LogP contribution in [0.25, 0.3) is 0 Å². The summed E-state index contributed by atoms with van der Waals surface area (Å²) < 4.78 is 0. The highest BCUT2D eigenvalue weighted by Gasteiger charge is 2.12. The van der Waals surface area contributed by atoms with E-state index in [1.807, 2.05) is 0 Å². The van der Waals surface area contributed by atoms with Gasteiger partial charge in [0.1, 0.15) is 12.0 Å². The molecule has 1 unspecified atom stereocenters. The molecular weight excluding hydrogens is 206 g/mol. The second kappa shape index (κ2) is 5.44. The van der Waals surface area contributed by atoms with Crippen molar-refractivity contribution in [2.45, 2.75) is 33.2 Å². The van der Waals surface area contributed by atoms with Crippen molar-refractivity contribution in [3.8, 4) is 0 Å². The minimum atomic E-state index is -0.448. The maximum absolute atomic E-state index is 10.4. The minimum absolute atomic E-state index is 0.0168. The Morgan fingerprint density at radius 2 is 2.19 bits per heavy atom. The van der Waals surface area contributed by atoms with Gasteiger partial charge < -0.3 is 5.32 Å². The molecule has 88 valence electrons. The molecule has 0 saturated heterocycles. The average Bonchev–Trinajstić information content (AvgIpc) is 2.26. The Balaban J connectivity index is 2.71. The largest absolute Gasteiger partial charge is 0.367 e. The van der Waals surface area contributed by atoms with Gasteiger partial charge in [-0.2, -0.15) is 0 Å². The topological polar surface area (TPSA) is 68.1 Å². The van der Waals surface area contributed by atoms with Crippen molar-refractivity contribution in [3.05, 3.63) is 28.4 Å². The number of nitro groups is 1. The first-order valence-corrected chi connectivity index (χ1v) is 5.41. The molecule has 16 heavy (non-hydrogen) atoms. The number of hydrogen-bond acceptors (Lipinski definition) is 4. The van der Waals surface area contributed by atoms with Crippen LogP contribution in [0.4, 0.5) is 11.5 Å². The van der Waals surface area contributed by atoms with Crippen molar-refractivity contribution < 1.29 is 4.92 Å². The quantitative estimate of drug-likeness (QED) is 0.615. The van der Waals surface area contributed by atoms with Gasteiger partial charge >= 0.3 is 0 Å². The molecule has 1 N–H and O–H groups in total. The van der Waals surface area contributed by atoms with E-state index >= 15 is 0 Å².